The number of hydrogen-bond donors (Lipinski definition) is 2. The fourth-order valence-corrected chi connectivity index (χ4v) is 2.99. The van der Waals surface area contributed by atoms with E-state index in [1.165, 1.54) is 4.88 Å². The molecule has 1 aromatic heterocycles. The van der Waals surface area contributed by atoms with E-state index in [0.29, 0.717) is 13.2 Å². The standard InChI is InChI=1S/C15H26N4O2S/c1-11(9-21-13-5-7-20-10-13)19-15(16-3)17-6-4-14-18-8-12(2)22-14/h8,11,13H,4-7,9-10H2,1-3H3,(H2,16,17,19). The largest absolute Gasteiger partial charge is 0.379 e. The van der Waals surface area contributed by atoms with Crippen LogP contribution in [0.25, 0.3) is 0 Å². The maximum Gasteiger partial charge on any atom is 0.191 e. The van der Waals surface area contributed by atoms with Gasteiger partial charge in [-0.1, -0.05) is 0 Å². The van der Waals surface area contributed by atoms with Crippen LogP contribution >= 0.6 is 11.3 Å². The zero-order chi connectivity index (χ0) is 15.8. The van der Waals surface area contributed by atoms with Gasteiger partial charge < -0.3 is 20.1 Å². The van der Waals surface area contributed by atoms with Crippen LogP contribution in [-0.2, 0) is 15.9 Å². The summed E-state index contributed by atoms with van der Waals surface area (Å²) in [5, 5.41) is 7.80. The van der Waals surface area contributed by atoms with Crippen LogP contribution in [0.2, 0.25) is 0 Å². The first-order chi connectivity index (χ1) is 10.7. The van der Waals surface area contributed by atoms with Crippen LogP contribution in [0.5, 0.6) is 0 Å². The summed E-state index contributed by atoms with van der Waals surface area (Å²) < 4.78 is 11.1. The summed E-state index contributed by atoms with van der Waals surface area (Å²) in [6, 6.07) is 0.203. The zero-order valence-electron chi connectivity index (χ0n) is 13.6. The molecule has 2 heterocycles. The normalized spacial score (nSPS) is 20.1. The molecule has 0 aliphatic carbocycles. The molecule has 0 spiro atoms. The Bertz CT molecular complexity index is 472. The van der Waals surface area contributed by atoms with Crippen molar-refractivity contribution >= 4 is 17.3 Å². The van der Waals surface area contributed by atoms with Crippen LogP contribution in [0.15, 0.2) is 11.2 Å². The molecule has 0 aromatic carbocycles. The minimum Gasteiger partial charge on any atom is -0.379 e. The Morgan fingerprint density at radius 2 is 2.50 bits per heavy atom. The van der Waals surface area contributed by atoms with Crippen LogP contribution in [0.3, 0.4) is 0 Å². The fraction of sp³-hybridized carbons (Fsp3) is 0.733. The monoisotopic (exact) mass is 326 g/mol. The van der Waals surface area contributed by atoms with Crippen molar-refractivity contribution < 1.29 is 9.47 Å². The third-order valence-electron chi connectivity index (χ3n) is 3.38. The van der Waals surface area contributed by atoms with Crippen molar-refractivity contribution in [2.75, 3.05) is 33.4 Å². The molecule has 1 fully saturated rings. The van der Waals surface area contributed by atoms with E-state index < -0.39 is 0 Å². The van der Waals surface area contributed by atoms with Gasteiger partial charge in [0.05, 0.1) is 24.3 Å². The van der Waals surface area contributed by atoms with Crippen LogP contribution in [-0.4, -0.2) is 56.5 Å². The molecule has 0 bridgehead atoms. The SMILES string of the molecule is CN=C(NCCc1ncc(C)s1)NC(C)COC1CCOC1. The molecule has 0 amide bonds. The molecule has 7 heteroatoms. The molecule has 1 aliphatic heterocycles. The minimum atomic E-state index is 0.203. The molecular formula is C15H26N4O2S. The second-order valence-corrected chi connectivity index (χ2v) is 6.80. The van der Waals surface area contributed by atoms with Gasteiger partial charge in [0.1, 0.15) is 0 Å². The van der Waals surface area contributed by atoms with Crippen molar-refractivity contribution in [1.82, 2.24) is 15.6 Å². The summed E-state index contributed by atoms with van der Waals surface area (Å²) in [6.07, 6.45) is 4.06. The number of rotatable bonds is 7. The van der Waals surface area contributed by atoms with Gasteiger partial charge in [0.2, 0.25) is 0 Å². The van der Waals surface area contributed by atoms with Crippen molar-refractivity contribution in [1.29, 1.82) is 0 Å². The third kappa shape index (κ3) is 5.90. The van der Waals surface area contributed by atoms with Gasteiger partial charge >= 0.3 is 0 Å². The van der Waals surface area contributed by atoms with Crippen molar-refractivity contribution in [2.45, 2.75) is 38.8 Å². The Hall–Kier alpha value is -1.18. The number of aryl methyl sites for hydroxylation is 1. The molecule has 2 N–H and O–H groups in total. The van der Waals surface area contributed by atoms with Gasteiger partial charge in [-0.15, -0.1) is 11.3 Å². The molecule has 22 heavy (non-hydrogen) atoms. The van der Waals surface area contributed by atoms with E-state index in [1.807, 2.05) is 6.20 Å². The average molecular weight is 326 g/mol. The molecule has 2 unspecified atom stereocenters. The molecule has 0 radical (unpaired) electrons. The Labute approximate surface area is 136 Å². The van der Waals surface area contributed by atoms with Gasteiger partial charge in [0, 0.05) is 43.7 Å². The number of nitrogens with one attached hydrogen (secondary N) is 2. The molecule has 1 saturated heterocycles. The molecule has 1 aliphatic rings. The van der Waals surface area contributed by atoms with E-state index in [1.54, 1.807) is 18.4 Å². The number of nitrogens with zero attached hydrogens (tertiary/aromatic N) is 2. The lowest BCUT2D eigenvalue weighted by Gasteiger charge is -2.19. The van der Waals surface area contributed by atoms with Crippen LogP contribution in [0, 0.1) is 6.92 Å². The maximum absolute atomic E-state index is 5.81. The van der Waals surface area contributed by atoms with Crippen LogP contribution in [0.1, 0.15) is 23.2 Å². The summed E-state index contributed by atoms with van der Waals surface area (Å²) in [4.78, 5) is 9.85. The van der Waals surface area contributed by atoms with Gasteiger partial charge in [0.15, 0.2) is 5.96 Å². The second-order valence-electron chi connectivity index (χ2n) is 5.48. The number of ether oxygens (including phenoxy) is 2. The number of guanidine groups is 1. The summed E-state index contributed by atoms with van der Waals surface area (Å²) in [7, 11) is 1.78. The predicted octanol–water partition coefficient (Wildman–Crippen LogP) is 1.35. The van der Waals surface area contributed by atoms with E-state index in [-0.39, 0.29) is 12.1 Å². The Morgan fingerprint density at radius 1 is 1.64 bits per heavy atom. The van der Waals surface area contributed by atoms with E-state index in [9.17, 15) is 0 Å². The van der Waals surface area contributed by atoms with E-state index >= 15 is 0 Å². The highest BCUT2D eigenvalue weighted by Gasteiger charge is 2.17. The highest BCUT2D eigenvalue weighted by atomic mass is 32.1. The molecule has 1 aromatic rings. The highest BCUT2D eigenvalue weighted by molar-refractivity contribution is 7.11. The number of aromatic nitrogens is 1. The van der Waals surface area contributed by atoms with E-state index in [4.69, 9.17) is 9.47 Å². The highest BCUT2D eigenvalue weighted by Crippen LogP contribution is 2.11. The molecular weight excluding hydrogens is 300 g/mol. The van der Waals surface area contributed by atoms with E-state index in [0.717, 1.165) is 37.0 Å². The zero-order valence-corrected chi connectivity index (χ0v) is 14.4. The lowest BCUT2D eigenvalue weighted by molar-refractivity contribution is 0.0347. The number of aliphatic imine (C=N–C) groups is 1. The number of hydrogen-bond acceptors (Lipinski definition) is 5. The van der Waals surface area contributed by atoms with Crippen molar-refractivity contribution in [3.8, 4) is 0 Å². The molecule has 0 saturated carbocycles. The topological polar surface area (TPSA) is 67.8 Å². The van der Waals surface area contributed by atoms with Crippen LogP contribution in [0.4, 0.5) is 0 Å². The lowest BCUT2D eigenvalue weighted by atomic mass is 10.3. The van der Waals surface area contributed by atoms with Gasteiger partial charge in [0.25, 0.3) is 0 Å². The first-order valence-corrected chi connectivity index (χ1v) is 8.57. The third-order valence-corrected chi connectivity index (χ3v) is 4.35. The predicted molar refractivity (Wildman–Crippen MR) is 89.7 cm³/mol. The van der Waals surface area contributed by atoms with Crippen molar-refractivity contribution in [2.24, 2.45) is 4.99 Å². The van der Waals surface area contributed by atoms with Crippen molar-refractivity contribution in [3.05, 3.63) is 16.1 Å². The van der Waals surface area contributed by atoms with Gasteiger partial charge in [-0.2, -0.15) is 0 Å². The minimum absolute atomic E-state index is 0.203. The first-order valence-electron chi connectivity index (χ1n) is 7.75. The quantitative estimate of drug-likeness (QED) is 0.585. The Morgan fingerprint density at radius 3 is 3.14 bits per heavy atom. The Balaban J connectivity index is 1.63. The summed E-state index contributed by atoms with van der Waals surface area (Å²) >= 11 is 1.74. The lowest BCUT2D eigenvalue weighted by Crippen LogP contribution is -2.45. The van der Waals surface area contributed by atoms with Gasteiger partial charge in [-0.25, -0.2) is 4.98 Å². The Kier molecular flexibility index (Phi) is 7.08. The summed E-state index contributed by atoms with van der Waals surface area (Å²) in [6.45, 7) is 7.16. The fourth-order valence-electron chi connectivity index (χ4n) is 2.20. The molecule has 6 nitrogen and oxygen atoms in total. The molecule has 2 rings (SSSR count). The number of thiazole rings is 1. The van der Waals surface area contributed by atoms with Crippen molar-refractivity contribution in [3.63, 3.8) is 0 Å². The molecule has 2 atom stereocenters. The second kappa shape index (κ2) is 9.07. The van der Waals surface area contributed by atoms with Gasteiger partial charge in [-0.3, -0.25) is 4.99 Å². The summed E-state index contributed by atoms with van der Waals surface area (Å²) in [5.41, 5.74) is 0. The first kappa shape index (κ1) is 17.2. The maximum atomic E-state index is 5.81. The average Bonchev–Trinajstić information content (AvgIpc) is 3.15. The van der Waals surface area contributed by atoms with E-state index in [2.05, 4.69) is 34.5 Å². The summed E-state index contributed by atoms with van der Waals surface area (Å²) in [5.74, 6) is 0.798. The van der Waals surface area contributed by atoms with Gasteiger partial charge in [-0.05, 0) is 20.3 Å². The smallest absolute Gasteiger partial charge is 0.191 e. The molecule has 124 valence electrons. The van der Waals surface area contributed by atoms with Crippen LogP contribution < -0.4 is 10.6 Å².